The minimum atomic E-state index is 0.207. The molecule has 3 nitrogen and oxygen atoms in total. The average molecular weight is 192 g/mol. The van der Waals surface area contributed by atoms with Crippen LogP contribution in [0.3, 0.4) is 0 Å². The third kappa shape index (κ3) is 1.54. The number of hydrogen-bond acceptors (Lipinski definition) is 2. The number of nitrogens with zero attached hydrogens (tertiary/aromatic N) is 1. The van der Waals surface area contributed by atoms with E-state index in [4.69, 9.17) is 9.83 Å². The fraction of sp³-hybridized carbons (Fsp3) is 0.545. The number of likely N-dealkylation sites (tertiary alicyclic amines) is 1. The summed E-state index contributed by atoms with van der Waals surface area (Å²) >= 11 is 0. The summed E-state index contributed by atoms with van der Waals surface area (Å²) in [4.78, 5) is 2.11. The molecular weight excluding hydrogens is 176 g/mol. The molecule has 1 fully saturated rings. The lowest BCUT2D eigenvalue weighted by molar-refractivity contribution is 0.305. The zero-order valence-corrected chi connectivity index (χ0v) is 8.71. The Bertz CT molecular complexity index is 343. The van der Waals surface area contributed by atoms with Gasteiger partial charge in [0.2, 0.25) is 0 Å². The Balaban J connectivity index is 2.15. The first-order valence-corrected chi connectivity index (χ1v) is 5.09. The van der Waals surface area contributed by atoms with Gasteiger partial charge in [-0.15, -0.1) is 0 Å². The lowest BCUT2D eigenvalue weighted by atomic mass is 10.2. The van der Waals surface area contributed by atoms with Crippen molar-refractivity contribution in [3.63, 3.8) is 0 Å². The van der Waals surface area contributed by atoms with Crippen molar-refractivity contribution in [2.75, 3.05) is 6.54 Å². The van der Waals surface area contributed by atoms with E-state index in [1.807, 2.05) is 19.1 Å². The molecule has 76 valence electrons. The molecule has 0 bridgehead atoms. The van der Waals surface area contributed by atoms with Crippen LogP contribution >= 0.6 is 0 Å². The van der Waals surface area contributed by atoms with Crippen LogP contribution < -0.4 is 0 Å². The molecule has 0 aromatic carbocycles. The highest BCUT2D eigenvalue weighted by Gasteiger charge is 2.24. The zero-order valence-electron chi connectivity index (χ0n) is 8.71. The normalized spacial score (nSPS) is 19.0. The van der Waals surface area contributed by atoms with Gasteiger partial charge in [0.05, 0.1) is 11.9 Å². The van der Waals surface area contributed by atoms with Gasteiger partial charge in [0.25, 0.3) is 0 Å². The first kappa shape index (κ1) is 9.31. The summed E-state index contributed by atoms with van der Waals surface area (Å²) in [7, 11) is 0. The molecule has 0 radical (unpaired) electrons. The number of nitrogens with one attached hydrogen (secondary N) is 1. The van der Waals surface area contributed by atoms with Crippen LogP contribution in [0.1, 0.15) is 37.3 Å². The van der Waals surface area contributed by atoms with E-state index >= 15 is 0 Å². The first-order chi connectivity index (χ1) is 6.68. The Morgan fingerprint density at radius 2 is 2.29 bits per heavy atom. The first-order valence-electron chi connectivity index (χ1n) is 5.09. The summed E-state index contributed by atoms with van der Waals surface area (Å²) in [5.74, 6) is 2.65. The van der Waals surface area contributed by atoms with Crippen molar-refractivity contribution in [2.24, 2.45) is 0 Å². The van der Waals surface area contributed by atoms with Crippen molar-refractivity contribution in [2.45, 2.75) is 32.7 Å². The SMILES string of the molecule is Cc1ccc(C(C)N2CCCC2=N)o1. The van der Waals surface area contributed by atoms with E-state index in [1.54, 1.807) is 0 Å². The Morgan fingerprint density at radius 3 is 2.79 bits per heavy atom. The topological polar surface area (TPSA) is 40.2 Å². The summed E-state index contributed by atoms with van der Waals surface area (Å²) in [6.07, 6.45) is 2.01. The van der Waals surface area contributed by atoms with Crippen LogP contribution in [0.25, 0.3) is 0 Å². The maximum Gasteiger partial charge on any atom is 0.126 e. The van der Waals surface area contributed by atoms with E-state index in [2.05, 4.69) is 11.8 Å². The van der Waals surface area contributed by atoms with Gasteiger partial charge in [-0.3, -0.25) is 5.41 Å². The second kappa shape index (κ2) is 3.48. The summed E-state index contributed by atoms with van der Waals surface area (Å²) < 4.78 is 5.57. The Labute approximate surface area is 84.2 Å². The predicted molar refractivity (Wildman–Crippen MR) is 55.5 cm³/mol. The van der Waals surface area contributed by atoms with Crippen LogP contribution in [-0.4, -0.2) is 17.3 Å². The highest BCUT2D eigenvalue weighted by molar-refractivity contribution is 5.81. The molecule has 0 spiro atoms. The van der Waals surface area contributed by atoms with Gasteiger partial charge < -0.3 is 9.32 Å². The molecular formula is C11H16N2O. The van der Waals surface area contributed by atoms with Crippen molar-refractivity contribution >= 4 is 5.84 Å². The van der Waals surface area contributed by atoms with Crippen LogP contribution in [0.15, 0.2) is 16.5 Å². The molecule has 2 rings (SSSR count). The quantitative estimate of drug-likeness (QED) is 0.782. The molecule has 1 aliphatic heterocycles. The largest absolute Gasteiger partial charge is 0.464 e. The lowest BCUT2D eigenvalue weighted by Gasteiger charge is -2.24. The molecule has 3 heteroatoms. The van der Waals surface area contributed by atoms with E-state index in [-0.39, 0.29) is 6.04 Å². The van der Waals surface area contributed by atoms with Crippen LogP contribution in [0.5, 0.6) is 0 Å². The molecule has 1 aromatic heterocycles. The van der Waals surface area contributed by atoms with Gasteiger partial charge in [0, 0.05) is 13.0 Å². The van der Waals surface area contributed by atoms with Crippen molar-refractivity contribution in [3.05, 3.63) is 23.7 Å². The highest BCUT2D eigenvalue weighted by Crippen LogP contribution is 2.26. The van der Waals surface area contributed by atoms with Gasteiger partial charge in [-0.1, -0.05) is 0 Å². The zero-order chi connectivity index (χ0) is 10.1. The summed E-state index contributed by atoms with van der Waals surface area (Å²) in [5, 5.41) is 7.78. The fourth-order valence-corrected chi connectivity index (χ4v) is 1.95. The molecule has 1 aliphatic rings. The number of hydrogen-bond donors (Lipinski definition) is 1. The van der Waals surface area contributed by atoms with Gasteiger partial charge in [0.1, 0.15) is 11.5 Å². The van der Waals surface area contributed by atoms with E-state index in [9.17, 15) is 0 Å². The molecule has 1 unspecified atom stereocenters. The van der Waals surface area contributed by atoms with Gasteiger partial charge in [-0.2, -0.15) is 0 Å². The lowest BCUT2D eigenvalue weighted by Crippen LogP contribution is -2.27. The van der Waals surface area contributed by atoms with E-state index in [0.717, 1.165) is 36.7 Å². The summed E-state index contributed by atoms with van der Waals surface area (Å²) in [6.45, 7) is 5.03. The Morgan fingerprint density at radius 1 is 1.50 bits per heavy atom. The van der Waals surface area contributed by atoms with Crippen molar-refractivity contribution < 1.29 is 4.42 Å². The second-order valence-electron chi connectivity index (χ2n) is 3.87. The molecule has 1 aromatic rings. The highest BCUT2D eigenvalue weighted by atomic mass is 16.3. The molecule has 0 aliphatic carbocycles. The van der Waals surface area contributed by atoms with Crippen LogP contribution in [0.4, 0.5) is 0 Å². The minimum absolute atomic E-state index is 0.207. The van der Waals surface area contributed by atoms with E-state index in [0.29, 0.717) is 0 Å². The van der Waals surface area contributed by atoms with Crippen LogP contribution in [0.2, 0.25) is 0 Å². The van der Waals surface area contributed by atoms with Gasteiger partial charge in [0.15, 0.2) is 0 Å². The molecule has 1 atom stereocenters. The van der Waals surface area contributed by atoms with Crippen molar-refractivity contribution in [1.29, 1.82) is 5.41 Å². The maximum atomic E-state index is 7.78. The third-order valence-corrected chi connectivity index (χ3v) is 2.80. The molecule has 0 saturated carbocycles. The summed E-state index contributed by atoms with van der Waals surface area (Å²) in [5.41, 5.74) is 0. The van der Waals surface area contributed by atoms with Gasteiger partial charge >= 0.3 is 0 Å². The molecule has 14 heavy (non-hydrogen) atoms. The maximum absolute atomic E-state index is 7.78. The number of amidine groups is 1. The fourth-order valence-electron chi connectivity index (χ4n) is 1.95. The van der Waals surface area contributed by atoms with Gasteiger partial charge in [-0.25, -0.2) is 0 Å². The predicted octanol–water partition coefficient (Wildman–Crippen LogP) is 2.72. The molecule has 1 saturated heterocycles. The van der Waals surface area contributed by atoms with E-state index in [1.165, 1.54) is 0 Å². The molecule has 0 amide bonds. The van der Waals surface area contributed by atoms with Crippen molar-refractivity contribution in [1.82, 2.24) is 4.90 Å². The Kier molecular flexibility index (Phi) is 2.32. The number of furan rings is 1. The van der Waals surface area contributed by atoms with Crippen LogP contribution in [0, 0.1) is 12.3 Å². The minimum Gasteiger partial charge on any atom is -0.464 e. The smallest absolute Gasteiger partial charge is 0.126 e. The molecule has 1 N–H and O–H groups in total. The monoisotopic (exact) mass is 192 g/mol. The second-order valence-corrected chi connectivity index (χ2v) is 3.87. The average Bonchev–Trinajstić information content (AvgIpc) is 2.73. The van der Waals surface area contributed by atoms with E-state index < -0.39 is 0 Å². The number of rotatable bonds is 2. The van der Waals surface area contributed by atoms with Crippen molar-refractivity contribution in [3.8, 4) is 0 Å². The number of aryl methyl sites for hydroxylation is 1. The van der Waals surface area contributed by atoms with Gasteiger partial charge in [-0.05, 0) is 32.4 Å². The standard InChI is InChI=1S/C11H16N2O/c1-8-5-6-10(14-8)9(2)13-7-3-4-11(13)12/h5-6,9,12H,3-4,7H2,1-2H3. The third-order valence-electron chi connectivity index (χ3n) is 2.80. The summed E-state index contributed by atoms with van der Waals surface area (Å²) in [6, 6.07) is 4.19. The molecule has 2 heterocycles. The Hall–Kier alpha value is -1.25. The van der Waals surface area contributed by atoms with Crippen LogP contribution in [-0.2, 0) is 0 Å².